The number of hydrogen-bond donors (Lipinski definition) is 0. The van der Waals surface area contributed by atoms with Gasteiger partial charge in [-0.05, 0) is 48.0 Å². The summed E-state index contributed by atoms with van der Waals surface area (Å²) in [4.78, 5) is 9.90. The Kier molecular flexibility index (Phi) is 5.40. The molecule has 1 unspecified atom stereocenters. The van der Waals surface area contributed by atoms with E-state index in [4.69, 9.17) is 31.1 Å². The molecule has 0 saturated heterocycles. The van der Waals surface area contributed by atoms with Gasteiger partial charge in [-0.1, -0.05) is 70.0 Å². The highest BCUT2D eigenvalue weighted by Crippen LogP contribution is 2.38. The van der Waals surface area contributed by atoms with Crippen LogP contribution in [-0.2, 0) is 0 Å². The van der Waals surface area contributed by atoms with Gasteiger partial charge in [-0.15, -0.1) is 0 Å². The van der Waals surface area contributed by atoms with Gasteiger partial charge >= 0.3 is 0 Å². The molecular weight excluding hydrogens is 512 g/mol. The fourth-order valence-corrected chi connectivity index (χ4v) is 4.76. The fourth-order valence-electron chi connectivity index (χ4n) is 4.23. The Morgan fingerprint density at radius 2 is 1.74 bits per heavy atom. The van der Waals surface area contributed by atoms with Gasteiger partial charge in [0.1, 0.15) is 11.8 Å². The number of fused-ring (bicyclic) bond motifs is 1. The van der Waals surface area contributed by atoms with Gasteiger partial charge in [0.25, 0.3) is 0 Å². The number of furan rings is 1. The Labute approximate surface area is 209 Å². The molecule has 0 spiro atoms. The van der Waals surface area contributed by atoms with Gasteiger partial charge < -0.3 is 4.42 Å². The number of para-hydroxylation sites is 1. The van der Waals surface area contributed by atoms with Crippen molar-refractivity contribution < 1.29 is 4.42 Å². The lowest BCUT2D eigenvalue weighted by molar-refractivity contribution is 0.463. The normalized spacial score (nSPS) is 15.6. The zero-order valence-corrected chi connectivity index (χ0v) is 20.2. The molecule has 6 rings (SSSR count). The van der Waals surface area contributed by atoms with Gasteiger partial charge in [0.05, 0.1) is 23.2 Å². The van der Waals surface area contributed by atoms with Crippen LogP contribution >= 0.6 is 27.5 Å². The molecule has 0 radical (unpaired) electrons. The lowest BCUT2D eigenvalue weighted by atomic mass is 10.0. The number of benzene rings is 3. The summed E-state index contributed by atoms with van der Waals surface area (Å²) in [5.41, 5.74) is 4.65. The van der Waals surface area contributed by atoms with Crippen LogP contribution in [0.5, 0.6) is 0 Å². The van der Waals surface area contributed by atoms with E-state index in [1.54, 1.807) is 6.26 Å². The minimum Gasteiger partial charge on any atom is -0.467 e. The number of halogens is 2. The highest BCUT2D eigenvalue weighted by Gasteiger charge is 2.34. The van der Waals surface area contributed by atoms with E-state index in [9.17, 15) is 0 Å². The minimum atomic E-state index is -0.150. The molecule has 5 aromatic rings. The second-order valence-electron chi connectivity index (χ2n) is 8.03. The largest absolute Gasteiger partial charge is 0.467 e. The monoisotopic (exact) mass is 528 g/mol. The van der Waals surface area contributed by atoms with Crippen molar-refractivity contribution in [3.63, 3.8) is 0 Å². The van der Waals surface area contributed by atoms with Crippen molar-refractivity contribution in [3.8, 4) is 11.3 Å². The van der Waals surface area contributed by atoms with E-state index in [0.29, 0.717) is 17.4 Å². The average molecular weight is 530 g/mol. The minimum absolute atomic E-state index is 0.150. The molecule has 0 N–H and O–H groups in total. The third-order valence-electron chi connectivity index (χ3n) is 5.85. The molecule has 3 aromatic carbocycles. The average Bonchev–Trinajstić information content (AvgIpc) is 3.54. The number of nitrogens with zero attached hydrogens (tertiary/aromatic N) is 4. The summed E-state index contributed by atoms with van der Waals surface area (Å²) >= 11 is 9.71. The maximum absolute atomic E-state index is 6.14. The Morgan fingerprint density at radius 1 is 0.882 bits per heavy atom. The molecular formula is C27H18BrClN4O. The van der Waals surface area contributed by atoms with Gasteiger partial charge in [-0.3, -0.25) is 0 Å². The van der Waals surface area contributed by atoms with E-state index in [2.05, 4.69) is 28.1 Å². The topological polar surface area (TPSA) is 54.5 Å². The molecule has 0 saturated carbocycles. The summed E-state index contributed by atoms with van der Waals surface area (Å²) in [7, 11) is 0. The first-order chi connectivity index (χ1) is 16.7. The Bertz CT molecular complexity index is 1520. The van der Waals surface area contributed by atoms with Gasteiger partial charge in [-0.25, -0.2) is 15.0 Å². The Morgan fingerprint density at radius 3 is 2.53 bits per heavy atom. The van der Waals surface area contributed by atoms with E-state index < -0.39 is 0 Å². The molecule has 1 aliphatic heterocycles. The predicted octanol–water partition coefficient (Wildman–Crippen LogP) is 7.66. The third-order valence-corrected chi connectivity index (χ3v) is 6.60. The van der Waals surface area contributed by atoms with Crippen molar-refractivity contribution >= 4 is 50.1 Å². The second kappa shape index (κ2) is 8.70. The maximum atomic E-state index is 6.14. The molecule has 0 aliphatic carbocycles. The van der Waals surface area contributed by atoms with Crippen LogP contribution in [-0.4, -0.2) is 15.7 Å². The van der Waals surface area contributed by atoms with E-state index in [0.717, 1.165) is 43.7 Å². The van der Waals surface area contributed by atoms with E-state index >= 15 is 0 Å². The number of aromatic nitrogens is 2. The van der Waals surface area contributed by atoms with Crippen LogP contribution in [0.3, 0.4) is 0 Å². The van der Waals surface area contributed by atoms with Crippen LogP contribution in [0.25, 0.3) is 22.2 Å². The van der Waals surface area contributed by atoms with Crippen molar-refractivity contribution in [2.24, 2.45) is 5.10 Å². The first kappa shape index (κ1) is 21.1. The molecule has 0 bridgehead atoms. The van der Waals surface area contributed by atoms with Crippen LogP contribution in [0.15, 0.2) is 105 Å². The maximum Gasteiger partial charge on any atom is 0.248 e. The van der Waals surface area contributed by atoms with Crippen molar-refractivity contribution in [3.05, 3.63) is 112 Å². The van der Waals surface area contributed by atoms with E-state index in [1.165, 1.54) is 0 Å². The molecule has 0 fully saturated rings. The fraction of sp³-hybridized carbons (Fsp3) is 0.0741. The Balaban J connectivity index is 1.52. The highest BCUT2D eigenvalue weighted by molar-refractivity contribution is 9.10. The van der Waals surface area contributed by atoms with Crippen molar-refractivity contribution in [1.29, 1.82) is 0 Å². The molecule has 1 aliphatic rings. The quantitative estimate of drug-likeness (QED) is 0.240. The number of anilines is 1. The van der Waals surface area contributed by atoms with Gasteiger partial charge in [0.15, 0.2) is 0 Å². The zero-order valence-electron chi connectivity index (χ0n) is 17.9. The molecule has 0 amide bonds. The van der Waals surface area contributed by atoms with Crippen LogP contribution in [0.4, 0.5) is 5.95 Å². The molecule has 5 nitrogen and oxygen atoms in total. The molecule has 1 atom stereocenters. The highest BCUT2D eigenvalue weighted by atomic mass is 79.9. The van der Waals surface area contributed by atoms with Gasteiger partial charge in [0.2, 0.25) is 5.95 Å². The van der Waals surface area contributed by atoms with Crippen LogP contribution in [0, 0.1) is 0 Å². The van der Waals surface area contributed by atoms with E-state index in [-0.39, 0.29) is 6.04 Å². The summed E-state index contributed by atoms with van der Waals surface area (Å²) in [5.74, 6) is 1.34. The van der Waals surface area contributed by atoms with Crippen LogP contribution in [0.2, 0.25) is 5.02 Å². The van der Waals surface area contributed by atoms with E-state index in [1.807, 2.05) is 77.8 Å². The standard InChI is InChI=1S/C27H18BrClN4O/c28-19-6-3-5-18(15-19)23-16-24(25-9-4-14-34-25)33(32-23)27-30-22-8-2-1-7-21(22)26(31-27)17-10-12-20(29)13-11-17/h1-15,24H,16H2. The first-order valence-electron chi connectivity index (χ1n) is 10.8. The first-order valence-corrected chi connectivity index (χ1v) is 12.0. The summed E-state index contributed by atoms with van der Waals surface area (Å²) in [6.07, 6.45) is 2.36. The number of hydrogen-bond acceptors (Lipinski definition) is 5. The zero-order chi connectivity index (χ0) is 23.1. The summed E-state index contributed by atoms with van der Waals surface area (Å²) in [6.45, 7) is 0. The molecule has 7 heteroatoms. The predicted molar refractivity (Wildman–Crippen MR) is 139 cm³/mol. The Hall–Kier alpha value is -3.48. The number of rotatable bonds is 4. The SMILES string of the molecule is Clc1ccc(-c2nc(N3N=C(c4cccc(Br)c4)CC3c3ccco3)nc3ccccc23)cc1. The second-order valence-corrected chi connectivity index (χ2v) is 9.39. The van der Waals surface area contributed by atoms with Crippen LogP contribution in [0.1, 0.15) is 23.8 Å². The van der Waals surface area contributed by atoms with Crippen molar-refractivity contribution in [1.82, 2.24) is 9.97 Å². The van der Waals surface area contributed by atoms with Crippen molar-refractivity contribution in [2.45, 2.75) is 12.5 Å². The van der Waals surface area contributed by atoms with Crippen LogP contribution < -0.4 is 5.01 Å². The molecule has 3 heterocycles. The summed E-state index contributed by atoms with van der Waals surface area (Å²) in [6, 6.07) is 27.6. The smallest absolute Gasteiger partial charge is 0.248 e. The summed E-state index contributed by atoms with van der Waals surface area (Å²) in [5, 5.41) is 8.52. The molecule has 34 heavy (non-hydrogen) atoms. The van der Waals surface area contributed by atoms with Gasteiger partial charge in [-0.2, -0.15) is 5.10 Å². The van der Waals surface area contributed by atoms with Gasteiger partial charge in [0, 0.05) is 26.9 Å². The lowest BCUT2D eigenvalue weighted by Gasteiger charge is -2.21. The molecule has 2 aromatic heterocycles. The van der Waals surface area contributed by atoms with Crippen molar-refractivity contribution in [2.75, 3.05) is 5.01 Å². The lowest BCUT2D eigenvalue weighted by Crippen LogP contribution is -2.20. The molecule has 166 valence electrons. The summed E-state index contributed by atoms with van der Waals surface area (Å²) < 4.78 is 6.81. The third kappa shape index (κ3) is 3.89. The number of hydrazone groups is 1.